The summed E-state index contributed by atoms with van der Waals surface area (Å²) in [7, 11) is 0. The van der Waals surface area contributed by atoms with Gasteiger partial charge >= 0.3 is 0 Å². The van der Waals surface area contributed by atoms with Crippen LogP contribution in [0.5, 0.6) is 0 Å². The van der Waals surface area contributed by atoms with Gasteiger partial charge in [-0.3, -0.25) is 14.9 Å². The molecule has 0 fully saturated rings. The molecule has 0 aliphatic heterocycles. The molecule has 116 valence electrons. The number of hydrogen-bond acceptors (Lipinski definition) is 4. The minimum atomic E-state index is -0.579. The van der Waals surface area contributed by atoms with E-state index >= 15 is 0 Å². The lowest BCUT2D eigenvalue weighted by atomic mass is 10.1. The molecule has 1 heterocycles. The number of nitro benzene ring substituents is 1. The molecule has 0 saturated heterocycles. The number of aryl methyl sites for hydroxylation is 1. The van der Waals surface area contributed by atoms with E-state index < -0.39 is 10.5 Å². The Labute approximate surface area is 135 Å². The number of nitrogens with one attached hydrogen (secondary N) is 1. The van der Waals surface area contributed by atoms with Crippen LogP contribution in [-0.4, -0.2) is 19.9 Å². The topological polar surface area (TPSA) is 93.8 Å². The minimum absolute atomic E-state index is 0.0401. The SMILES string of the molecule is Cc1ccc(-c2n[nH]n(-c3cc(Cl)ccc3[N+](=O)[O-])c2=O)cc1. The van der Waals surface area contributed by atoms with Crippen molar-refractivity contribution in [3.05, 3.63) is 73.5 Å². The summed E-state index contributed by atoms with van der Waals surface area (Å²) in [6.45, 7) is 1.93. The zero-order chi connectivity index (χ0) is 16.6. The minimum Gasteiger partial charge on any atom is -0.265 e. The molecule has 0 atom stereocenters. The Hall–Kier alpha value is -2.93. The molecule has 0 radical (unpaired) electrons. The predicted molar refractivity (Wildman–Crippen MR) is 86.0 cm³/mol. The normalized spacial score (nSPS) is 10.7. The number of halogens is 1. The first-order valence-electron chi connectivity index (χ1n) is 6.66. The van der Waals surface area contributed by atoms with Crippen LogP contribution < -0.4 is 5.56 Å². The molecule has 0 amide bonds. The maximum absolute atomic E-state index is 12.5. The van der Waals surface area contributed by atoms with Gasteiger partial charge in [0.1, 0.15) is 5.69 Å². The zero-order valence-electron chi connectivity index (χ0n) is 12.0. The van der Waals surface area contributed by atoms with Gasteiger partial charge in [-0.05, 0) is 19.1 Å². The largest absolute Gasteiger partial charge is 0.299 e. The highest BCUT2D eigenvalue weighted by atomic mass is 35.5. The van der Waals surface area contributed by atoms with E-state index in [1.54, 1.807) is 12.1 Å². The van der Waals surface area contributed by atoms with Crippen molar-refractivity contribution >= 4 is 17.3 Å². The average Bonchev–Trinajstić information content (AvgIpc) is 2.89. The lowest BCUT2D eigenvalue weighted by Gasteiger charge is -2.02. The standard InChI is InChI=1S/C15H11ClN4O3/c1-9-2-4-10(5-3-9)14-15(21)19(18-17-14)13-8-11(16)6-7-12(13)20(22)23/h2-8,18H,1H3. The van der Waals surface area contributed by atoms with Crippen molar-refractivity contribution in [1.82, 2.24) is 15.0 Å². The van der Waals surface area contributed by atoms with Gasteiger partial charge < -0.3 is 0 Å². The molecule has 1 aromatic heterocycles. The van der Waals surface area contributed by atoms with E-state index in [1.807, 2.05) is 19.1 Å². The van der Waals surface area contributed by atoms with Crippen LogP contribution in [0, 0.1) is 17.0 Å². The van der Waals surface area contributed by atoms with Gasteiger partial charge in [0.25, 0.3) is 11.2 Å². The van der Waals surface area contributed by atoms with E-state index in [2.05, 4.69) is 10.3 Å². The molecule has 1 N–H and O–H groups in total. The van der Waals surface area contributed by atoms with Gasteiger partial charge in [0, 0.05) is 16.7 Å². The highest BCUT2D eigenvalue weighted by Gasteiger charge is 2.20. The number of nitrogens with zero attached hydrogens (tertiary/aromatic N) is 3. The fourth-order valence-electron chi connectivity index (χ4n) is 2.19. The average molecular weight is 331 g/mol. The van der Waals surface area contributed by atoms with Crippen LogP contribution in [0.1, 0.15) is 5.56 Å². The van der Waals surface area contributed by atoms with Gasteiger partial charge in [0.15, 0.2) is 5.69 Å². The molecular weight excluding hydrogens is 320 g/mol. The molecule has 8 heteroatoms. The summed E-state index contributed by atoms with van der Waals surface area (Å²) in [6.07, 6.45) is 0. The Morgan fingerprint density at radius 3 is 2.57 bits per heavy atom. The van der Waals surface area contributed by atoms with Gasteiger partial charge in [-0.25, -0.2) is 5.21 Å². The second-order valence-corrected chi connectivity index (χ2v) is 5.39. The first-order valence-corrected chi connectivity index (χ1v) is 7.04. The molecule has 0 aliphatic carbocycles. The molecular formula is C15H11ClN4O3. The van der Waals surface area contributed by atoms with E-state index in [0.29, 0.717) is 5.56 Å². The number of rotatable bonds is 3. The Kier molecular flexibility index (Phi) is 3.71. The van der Waals surface area contributed by atoms with Gasteiger partial charge in [0.05, 0.1) is 4.92 Å². The third kappa shape index (κ3) is 2.74. The summed E-state index contributed by atoms with van der Waals surface area (Å²) < 4.78 is 1.01. The smallest absolute Gasteiger partial charge is 0.265 e. The Balaban J connectivity index is 2.17. The lowest BCUT2D eigenvalue weighted by molar-refractivity contribution is -0.384. The van der Waals surface area contributed by atoms with Crippen molar-refractivity contribution < 1.29 is 4.92 Å². The van der Waals surface area contributed by atoms with E-state index in [4.69, 9.17) is 11.6 Å². The number of nitro groups is 1. The fraction of sp³-hybridized carbons (Fsp3) is 0.0667. The monoisotopic (exact) mass is 330 g/mol. The molecule has 7 nitrogen and oxygen atoms in total. The molecule has 3 rings (SSSR count). The summed E-state index contributed by atoms with van der Waals surface area (Å²) in [4.78, 5) is 23.1. The summed E-state index contributed by atoms with van der Waals surface area (Å²) >= 11 is 5.89. The Morgan fingerprint density at radius 2 is 1.91 bits per heavy atom. The first kappa shape index (κ1) is 15.0. The molecule has 0 spiro atoms. The number of hydrogen-bond donors (Lipinski definition) is 1. The van der Waals surface area contributed by atoms with E-state index in [1.165, 1.54) is 18.2 Å². The second-order valence-electron chi connectivity index (χ2n) is 4.96. The summed E-state index contributed by atoms with van der Waals surface area (Å²) in [5, 5.41) is 17.9. The summed E-state index contributed by atoms with van der Waals surface area (Å²) in [5.74, 6) is 0. The lowest BCUT2D eigenvalue weighted by Crippen LogP contribution is -2.17. The number of aromatic amines is 1. The quantitative estimate of drug-likeness (QED) is 0.589. The maximum atomic E-state index is 12.5. The number of H-pyrrole nitrogens is 1. The van der Waals surface area contributed by atoms with E-state index in [-0.39, 0.29) is 22.1 Å². The molecule has 0 saturated carbocycles. The third-order valence-electron chi connectivity index (χ3n) is 3.37. The van der Waals surface area contributed by atoms with Crippen molar-refractivity contribution in [2.24, 2.45) is 0 Å². The van der Waals surface area contributed by atoms with Gasteiger partial charge in [-0.2, -0.15) is 9.78 Å². The van der Waals surface area contributed by atoms with Gasteiger partial charge in [0.2, 0.25) is 0 Å². The molecule has 0 aliphatic rings. The molecule has 2 aromatic carbocycles. The first-order chi connectivity index (χ1) is 11.0. The molecule has 0 unspecified atom stereocenters. The Bertz CT molecular complexity index is 944. The van der Waals surface area contributed by atoms with Crippen molar-refractivity contribution in [2.45, 2.75) is 6.92 Å². The second kappa shape index (κ2) is 5.69. The number of benzene rings is 2. The van der Waals surface area contributed by atoms with Crippen LogP contribution in [0.4, 0.5) is 5.69 Å². The summed E-state index contributed by atoms with van der Waals surface area (Å²) in [6, 6.07) is 11.2. The maximum Gasteiger partial charge on any atom is 0.299 e. The molecule has 23 heavy (non-hydrogen) atoms. The van der Waals surface area contributed by atoms with Crippen molar-refractivity contribution in [3.8, 4) is 16.9 Å². The van der Waals surface area contributed by atoms with Crippen LogP contribution >= 0.6 is 11.6 Å². The van der Waals surface area contributed by atoms with Crippen LogP contribution in [0.2, 0.25) is 5.02 Å². The van der Waals surface area contributed by atoms with Crippen LogP contribution in [0.25, 0.3) is 16.9 Å². The van der Waals surface area contributed by atoms with Crippen molar-refractivity contribution in [2.75, 3.05) is 0 Å². The van der Waals surface area contributed by atoms with Crippen LogP contribution in [0.15, 0.2) is 47.3 Å². The highest BCUT2D eigenvalue weighted by molar-refractivity contribution is 6.30. The summed E-state index contributed by atoms with van der Waals surface area (Å²) in [5.41, 5.74) is 1.17. The van der Waals surface area contributed by atoms with Crippen LogP contribution in [0.3, 0.4) is 0 Å². The molecule has 3 aromatic rings. The van der Waals surface area contributed by atoms with E-state index in [0.717, 1.165) is 10.2 Å². The van der Waals surface area contributed by atoms with Crippen molar-refractivity contribution in [3.63, 3.8) is 0 Å². The van der Waals surface area contributed by atoms with Gasteiger partial charge in [-0.15, -0.1) is 0 Å². The highest BCUT2D eigenvalue weighted by Crippen LogP contribution is 2.25. The van der Waals surface area contributed by atoms with Gasteiger partial charge in [-0.1, -0.05) is 41.4 Å². The zero-order valence-corrected chi connectivity index (χ0v) is 12.7. The third-order valence-corrected chi connectivity index (χ3v) is 3.60. The van der Waals surface area contributed by atoms with E-state index in [9.17, 15) is 14.9 Å². The predicted octanol–water partition coefficient (Wildman–Crippen LogP) is 3.10. The van der Waals surface area contributed by atoms with Crippen molar-refractivity contribution in [1.29, 1.82) is 0 Å². The molecule has 0 bridgehead atoms. The van der Waals surface area contributed by atoms with Crippen LogP contribution in [-0.2, 0) is 0 Å². The number of aromatic nitrogens is 3. The fourth-order valence-corrected chi connectivity index (χ4v) is 2.36. The Morgan fingerprint density at radius 1 is 1.22 bits per heavy atom.